The summed E-state index contributed by atoms with van der Waals surface area (Å²) in [6.45, 7) is 2.66. The van der Waals surface area contributed by atoms with Crippen molar-refractivity contribution in [2.45, 2.75) is 30.3 Å². The molecular weight excluding hydrogens is 435 g/mol. The van der Waals surface area contributed by atoms with Crippen molar-refractivity contribution in [1.29, 1.82) is 0 Å². The first-order valence-corrected chi connectivity index (χ1v) is 12.0. The Hall–Kier alpha value is -3.03. The Balaban J connectivity index is 1.26. The van der Waals surface area contributed by atoms with E-state index in [2.05, 4.69) is 32.4 Å². The minimum atomic E-state index is -0.216. The number of halogens is 1. The van der Waals surface area contributed by atoms with Gasteiger partial charge in [0.2, 0.25) is 5.95 Å². The molecule has 0 atom stereocenters. The molecule has 5 rings (SSSR count). The largest absolute Gasteiger partial charge is 0.497 e. The van der Waals surface area contributed by atoms with Crippen LogP contribution in [0.3, 0.4) is 0 Å². The number of para-hydroxylation sites is 2. The second kappa shape index (κ2) is 9.85. The van der Waals surface area contributed by atoms with Gasteiger partial charge in [-0.2, -0.15) is 0 Å². The standard InChI is InChI=1S/C26H27FN4OS/c1-32-22-10-12-23(13-11-22)33-30-16-14-21(15-17-30)28-26-29-24-4-2-3-5-25(24)31(26)18-19-6-8-20(27)9-7-19/h2-13,21H,14-18H2,1H3,(H,28,29). The van der Waals surface area contributed by atoms with E-state index in [-0.39, 0.29) is 5.82 Å². The molecule has 0 unspecified atom stereocenters. The molecule has 5 nitrogen and oxygen atoms in total. The van der Waals surface area contributed by atoms with Crippen LogP contribution in [0.4, 0.5) is 10.3 Å². The summed E-state index contributed by atoms with van der Waals surface area (Å²) >= 11 is 1.80. The van der Waals surface area contributed by atoms with Crippen LogP contribution in [0.2, 0.25) is 0 Å². The van der Waals surface area contributed by atoms with Gasteiger partial charge in [0.15, 0.2) is 0 Å². The maximum absolute atomic E-state index is 13.4. The van der Waals surface area contributed by atoms with Gasteiger partial charge in [0, 0.05) is 24.0 Å². The van der Waals surface area contributed by atoms with Gasteiger partial charge >= 0.3 is 0 Å². The van der Waals surface area contributed by atoms with E-state index in [1.807, 2.05) is 42.5 Å². The average molecular weight is 463 g/mol. The topological polar surface area (TPSA) is 42.3 Å². The number of methoxy groups -OCH3 is 1. The number of hydrogen-bond donors (Lipinski definition) is 1. The zero-order valence-electron chi connectivity index (χ0n) is 18.6. The van der Waals surface area contributed by atoms with Crippen molar-refractivity contribution in [3.05, 3.63) is 84.2 Å². The minimum Gasteiger partial charge on any atom is -0.497 e. The van der Waals surface area contributed by atoms with Gasteiger partial charge in [0.1, 0.15) is 11.6 Å². The number of benzene rings is 3. The molecule has 1 saturated heterocycles. The summed E-state index contributed by atoms with van der Waals surface area (Å²) in [5.41, 5.74) is 3.10. The third kappa shape index (κ3) is 5.15. The highest BCUT2D eigenvalue weighted by Crippen LogP contribution is 2.29. The van der Waals surface area contributed by atoms with Crippen LogP contribution in [0.25, 0.3) is 11.0 Å². The smallest absolute Gasteiger partial charge is 0.204 e. The molecular formula is C26H27FN4OS. The van der Waals surface area contributed by atoms with Crippen LogP contribution in [-0.2, 0) is 6.54 Å². The van der Waals surface area contributed by atoms with Gasteiger partial charge in [0.05, 0.1) is 24.7 Å². The number of nitrogens with one attached hydrogen (secondary N) is 1. The number of fused-ring (bicyclic) bond motifs is 1. The van der Waals surface area contributed by atoms with E-state index < -0.39 is 0 Å². The van der Waals surface area contributed by atoms with Gasteiger partial charge < -0.3 is 14.6 Å². The molecule has 7 heteroatoms. The van der Waals surface area contributed by atoms with Gasteiger partial charge in [-0.25, -0.2) is 13.7 Å². The predicted molar refractivity (Wildman–Crippen MR) is 132 cm³/mol. The Kier molecular flexibility index (Phi) is 6.51. The summed E-state index contributed by atoms with van der Waals surface area (Å²) in [6, 6.07) is 23.4. The molecule has 0 spiro atoms. The minimum absolute atomic E-state index is 0.216. The van der Waals surface area contributed by atoms with Crippen LogP contribution in [0.15, 0.2) is 77.7 Å². The SMILES string of the molecule is COc1ccc(SN2CCC(Nc3nc4ccccc4n3Cc3ccc(F)cc3)CC2)cc1. The third-order valence-corrected chi connectivity index (χ3v) is 7.10. The van der Waals surface area contributed by atoms with E-state index in [4.69, 9.17) is 9.72 Å². The molecule has 1 aromatic heterocycles. The number of ether oxygens (including phenoxy) is 1. The molecule has 170 valence electrons. The zero-order chi connectivity index (χ0) is 22.6. The van der Waals surface area contributed by atoms with Crippen LogP contribution in [0.5, 0.6) is 5.75 Å². The van der Waals surface area contributed by atoms with E-state index in [0.29, 0.717) is 12.6 Å². The maximum atomic E-state index is 13.4. The average Bonchev–Trinajstić information content (AvgIpc) is 3.19. The molecule has 0 radical (unpaired) electrons. The first-order chi connectivity index (χ1) is 16.2. The Labute approximate surface area is 197 Å². The Bertz CT molecular complexity index is 1200. The predicted octanol–water partition coefficient (Wildman–Crippen LogP) is 5.82. The van der Waals surface area contributed by atoms with Crippen molar-refractivity contribution in [1.82, 2.24) is 13.9 Å². The fourth-order valence-corrected chi connectivity index (χ4v) is 5.13. The quantitative estimate of drug-likeness (QED) is 0.351. The van der Waals surface area contributed by atoms with Gasteiger partial charge in [-0.1, -0.05) is 24.3 Å². The second-order valence-corrected chi connectivity index (χ2v) is 9.42. The molecule has 4 aromatic rings. The van der Waals surface area contributed by atoms with Crippen molar-refractivity contribution in [3.8, 4) is 5.75 Å². The van der Waals surface area contributed by atoms with E-state index in [1.54, 1.807) is 19.1 Å². The van der Waals surface area contributed by atoms with E-state index >= 15 is 0 Å². The summed E-state index contributed by atoms with van der Waals surface area (Å²) in [5, 5.41) is 3.70. The van der Waals surface area contributed by atoms with Gasteiger partial charge in [-0.05, 0) is 78.9 Å². The van der Waals surface area contributed by atoms with E-state index in [9.17, 15) is 4.39 Å². The Morgan fingerprint density at radius 2 is 1.73 bits per heavy atom. The lowest BCUT2D eigenvalue weighted by Crippen LogP contribution is -2.36. The Morgan fingerprint density at radius 1 is 1.00 bits per heavy atom. The molecule has 0 aliphatic carbocycles. The molecule has 0 amide bonds. The number of piperidine rings is 1. The molecule has 0 saturated carbocycles. The molecule has 2 heterocycles. The van der Waals surface area contributed by atoms with Gasteiger partial charge in [0.25, 0.3) is 0 Å². The van der Waals surface area contributed by atoms with Crippen molar-refractivity contribution >= 4 is 28.9 Å². The van der Waals surface area contributed by atoms with Gasteiger partial charge in [-0.3, -0.25) is 0 Å². The number of imidazole rings is 1. The highest BCUT2D eigenvalue weighted by molar-refractivity contribution is 7.97. The fourth-order valence-electron chi connectivity index (χ4n) is 4.18. The van der Waals surface area contributed by atoms with Crippen molar-refractivity contribution < 1.29 is 9.13 Å². The highest BCUT2D eigenvalue weighted by Gasteiger charge is 2.22. The van der Waals surface area contributed by atoms with Crippen LogP contribution >= 0.6 is 11.9 Å². The summed E-state index contributed by atoms with van der Waals surface area (Å²) < 4.78 is 23.2. The van der Waals surface area contributed by atoms with Gasteiger partial charge in [-0.15, -0.1) is 0 Å². The molecule has 1 fully saturated rings. The first-order valence-electron chi connectivity index (χ1n) is 11.2. The lowest BCUT2D eigenvalue weighted by Gasteiger charge is -2.31. The summed E-state index contributed by atoms with van der Waals surface area (Å²) in [7, 11) is 1.69. The van der Waals surface area contributed by atoms with Crippen LogP contribution in [0, 0.1) is 5.82 Å². The molecule has 0 bridgehead atoms. The molecule has 1 aliphatic rings. The zero-order valence-corrected chi connectivity index (χ0v) is 19.4. The molecule has 1 aliphatic heterocycles. The van der Waals surface area contributed by atoms with Crippen LogP contribution in [0.1, 0.15) is 18.4 Å². The first kappa shape index (κ1) is 21.8. The van der Waals surface area contributed by atoms with E-state index in [1.165, 1.54) is 17.0 Å². The molecule has 1 N–H and O–H groups in total. The number of aromatic nitrogens is 2. The Morgan fingerprint density at radius 3 is 2.45 bits per heavy atom. The number of hydrogen-bond acceptors (Lipinski definition) is 5. The van der Waals surface area contributed by atoms with Crippen LogP contribution in [-0.4, -0.2) is 40.1 Å². The van der Waals surface area contributed by atoms with Crippen molar-refractivity contribution in [2.75, 3.05) is 25.5 Å². The van der Waals surface area contributed by atoms with Crippen LogP contribution < -0.4 is 10.1 Å². The van der Waals surface area contributed by atoms with E-state index in [0.717, 1.165) is 54.2 Å². The highest BCUT2D eigenvalue weighted by atomic mass is 32.2. The third-order valence-electron chi connectivity index (χ3n) is 5.99. The molecule has 3 aromatic carbocycles. The lowest BCUT2D eigenvalue weighted by molar-refractivity contribution is 0.357. The normalized spacial score (nSPS) is 15.1. The number of nitrogens with zero attached hydrogens (tertiary/aromatic N) is 3. The summed E-state index contributed by atoms with van der Waals surface area (Å²) in [5.74, 6) is 1.54. The fraction of sp³-hybridized carbons (Fsp3) is 0.269. The number of anilines is 1. The van der Waals surface area contributed by atoms with Crippen molar-refractivity contribution in [2.24, 2.45) is 0 Å². The second-order valence-electron chi connectivity index (χ2n) is 8.25. The van der Waals surface area contributed by atoms with Crippen molar-refractivity contribution in [3.63, 3.8) is 0 Å². The summed E-state index contributed by atoms with van der Waals surface area (Å²) in [6.07, 6.45) is 2.09. The molecule has 33 heavy (non-hydrogen) atoms. The monoisotopic (exact) mass is 462 g/mol. The lowest BCUT2D eigenvalue weighted by atomic mass is 10.1. The maximum Gasteiger partial charge on any atom is 0.204 e. The summed E-state index contributed by atoms with van der Waals surface area (Å²) in [4.78, 5) is 6.10. The number of rotatable bonds is 7.